The van der Waals surface area contributed by atoms with E-state index in [2.05, 4.69) is 123 Å². The topological polar surface area (TPSA) is 33.6 Å². The molecule has 0 fully saturated rings. The van der Waals surface area contributed by atoms with Crippen molar-refractivity contribution < 1.29 is 0 Å². The van der Waals surface area contributed by atoms with Crippen molar-refractivity contribution in [1.29, 1.82) is 5.26 Å². The van der Waals surface area contributed by atoms with Gasteiger partial charge in [0.25, 0.3) is 0 Å². The Morgan fingerprint density at radius 3 is 1.29 bits per heavy atom. The molecule has 2 bridgehead atoms. The van der Waals surface area contributed by atoms with Crippen LogP contribution in [0.2, 0.25) is 0 Å². The van der Waals surface area contributed by atoms with E-state index < -0.39 is 0 Å². The third-order valence-electron chi connectivity index (χ3n) is 8.96. The maximum Gasteiger partial charge on any atom is 0.0993 e. The molecule has 3 heterocycles. The molecule has 5 aromatic carbocycles. The highest BCUT2D eigenvalue weighted by molar-refractivity contribution is 6.14. The number of aryl methyl sites for hydroxylation is 6. The second kappa shape index (κ2) is 8.12. The number of hydrogen-bond acceptors (Lipinski definition) is 1. The summed E-state index contributed by atoms with van der Waals surface area (Å²) in [6, 6.07) is 27.5. The molecule has 0 N–H and O–H groups in total. The van der Waals surface area contributed by atoms with Gasteiger partial charge in [0.05, 0.1) is 33.7 Å². The van der Waals surface area contributed by atoms with Crippen LogP contribution in [0.15, 0.2) is 66.7 Å². The molecule has 1 aliphatic heterocycles. The molecule has 0 unspecified atom stereocenters. The summed E-state index contributed by atoms with van der Waals surface area (Å²) in [6.45, 7) is 13.2. The fraction of sp³-hybridized carbons (Fsp3) is 0.184. The van der Waals surface area contributed by atoms with E-state index in [1.165, 1.54) is 88.1 Å². The maximum atomic E-state index is 10.3. The van der Waals surface area contributed by atoms with Gasteiger partial charge in [-0.05, 0) is 106 Å². The quantitative estimate of drug-likeness (QED) is 0.193. The number of rotatable bonds is 0. The van der Waals surface area contributed by atoms with Crippen LogP contribution in [0.4, 0.5) is 0 Å². The van der Waals surface area contributed by atoms with Crippen molar-refractivity contribution in [1.82, 2.24) is 9.13 Å². The molecule has 8 rings (SSSR count). The lowest BCUT2D eigenvalue weighted by atomic mass is 9.95. The highest BCUT2D eigenvalue weighted by Gasteiger charge is 2.24. The minimum Gasteiger partial charge on any atom is -0.309 e. The first-order chi connectivity index (χ1) is 19.7. The van der Waals surface area contributed by atoms with Crippen LogP contribution in [-0.4, -0.2) is 9.13 Å². The lowest BCUT2D eigenvalue weighted by molar-refractivity contribution is 1.07. The first-order valence-corrected chi connectivity index (χ1v) is 14.4. The number of hydrogen-bond donors (Lipinski definition) is 0. The van der Waals surface area contributed by atoms with Gasteiger partial charge in [0.15, 0.2) is 0 Å². The van der Waals surface area contributed by atoms with Gasteiger partial charge in [0, 0.05) is 39.3 Å². The van der Waals surface area contributed by atoms with Gasteiger partial charge in [-0.3, -0.25) is 0 Å². The van der Waals surface area contributed by atoms with Gasteiger partial charge >= 0.3 is 0 Å². The molecule has 0 spiro atoms. The van der Waals surface area contributed by atoms with Gasteiger partial charge < -0.3 is 9.13 Å². The Morgan fingerprint density at radius 2 is 0.878 bits per heavy atom. The van der Waals surface area contributed by atoms with Crippen molar-refractivity contribution in [3.8, 4) is 17.4 Å². The van der Waals surface area contributed by atoms with Gasteiger partial charge in [0.1, 0.15) is 0 Å². The monoisotopic (exact) mass is 529 g/mol. The van der Waals surface area contributed by atoms with E-state index in [0.29, 0.717) is 5.56 Å². The van der Waals surface area contributed by atoms with E-state index in [1.807, 2.05) is 0 Å². The fourth-order valence-electron chi connectivity index (χ4n) is 7.70. The molecular formula is C38H31N3. The highest BCUT2D eigenvalue weighted by atomic mass is 15.0. The largest absolute Gasteiger partial charge is 0.309 e. The molecular weight excluding hydrogens is 498 g/mol. The molecule has 0 radical (unpaired) electrons. The third kappa shape index (κ3) is 3.25. The number of nitriles is 1. The van der Waals surface area contributed by atoms with Crippen LogP contribution in [0.25, 0.3) is 55.0 Å². The van der Waals surface area contributed by atoms with Gasteiger partial charge in [-0.25, -0.2) is 0 Å². The summed E-state index contributed by atoms with van der Waals surface area (Å²) in [4.78, 5) is 0. The molecule has 3 nitrogen and oxygen atoms in total. The van der Waals surface area contributed by atoms with Crippen molar-refractivity contribution >= 4 is 43.6 Å². The molecule has 0 aliphatic carbocycles. The summed E-state index contributed by atoms with van der Waals surface area (Å²) in [7, 11) is 0. The standard InChI is InChI=1S/C38H31N3/c1-20-7-24(5)35-31(11-20)33-13-22(3)9-27-17-28-10-23(4)14-34-32-12-21(2)8-25(6)36(32)41(38(28)34)30-16-26(19-39)15-29(18-30)40(35)37(27)33/h7-16,18H,17H2,1-6H3. The summed E-state index contributed by atoms with van der Waals surface area (Å²) >= 11 is 0. The average molecular weight is 530 g/mol. The predicted molar refractivity (Wildman–Crippen MR) is 171 cm³/mol. The molecule has 41 heavy (non-hydrogen) atoms. The van der Waals surface area contributed by atoms with E-state index in [9.17, 15) is 5.26 Å². The number of benzene rings is 5. The smallest absolute Gasteiger partial charge is 0.0993 e. The summed E-state index contributed by atoms with van der Waals surface area (Å²) < 4.78 is 4.86. The molecule has 7 aromatic rings. The van der Waals surface area contributed by atoms with Crippen molar-refractivity contribution in [2.45, 2.75) is 48.0 Å². The van der Waals surface area contributed by atoms with E-state index in [4.69, 9.17) is 0 Å². The van der Waals surface area contributed by atoms with Crippen molar-refractivity contribution in [3.63, 3.8) is 0 Å². The van der Waals surface area contributed by atoms with Crippen LogP contribution in [0.3, 0.4) is 0 Å². The molecule has 0 atom stereocenters. The maximum absolute atomic E-state index is 10.3. The summed E-state index contributed by atoms with van der Waals surface area (Å²) in [5.41, 5.74) is 17.9. The normalized spacial score (nSPS) is 12.5. The number of aromatic nitrogens is 2. The summed E-state index contributed by atoms with van der Waals surface area (Å²) in [5, 5.41) is 15.4. The molecule has 2 aromatic heterocycles. The summed E-state index contributed by atoms with van der Waals surface area (Å²) in [6.07, 6.45) is 0.828. The van der Waals surface area contributed by atoms with Crippen LogP contribution in [0.1, 0.15) is 50.1 Å². The van der Waals surface area contributed by atoms with Gasteiger partial charge in [-0.15, -0.1) is 0 Å². The molecule has 3 heteroatoms. The van der Waals surface area contributed by atoms with E-state index in [1.54, 1.807) is 0 Å². The molecule has 0 saturated heterocycles. The second-order valence-corrected chi connectivity index (χ2v) is 12.3. The van der Waals surface area contributed by atoms with Crippen molar-refractivity contribution in [2.24, 2.45) is 0 Å². The Labute approximate surface area is 239 Å². The molecule has 198 valence electrons. The highest BCUT2D eigenvalue weighted by Crippen LogP contribution is 2.43. The zero-order valence-electron chi connectivity index (χ0n) is 24.4. The Balaban J connectivity index is 1.68. The average Bonchev–Trinajstić information content (AvgIpc) is 3.41. The fourth-order valence-corrected chi connectivity index (χ4v) is 7.70. The van der Waals surface area contributed by atoms with Gasteiger partial charge in [-0.1, -0.05) is 46.5 Å². The van der Waals surface area contributed by atoms with Crippen LogP contribution in [0, 0.1) is 52.9 Å². The first-order valence-electron chi connectivity index (χ1n) is 14.4. The molecule has 1 aliphatic rings. The second-order valence-electron chi connectivity index (χ2n) is 12.3. The Hall–Kier alpha value is -4.81. The third-order valence-corrected chi connectivity index (χ3v) is 8.96. The molecule has 0 saturated carbocycles. The van der Waals surface area contributed by atoms with E-state index in [0.717, 1.165) is 17.8 Å². The zero-order valence-corrected chi connectivity index (χ0v) is 24.4. The van der Waals surface area contributed by atoms with Crippen LogP contribution < -0.4 is 0 Å². The van der Waals surface area contributed by atoms with Crippen LogP contribution in [0.5, 0.6) is 0 Å². The van der Waals surface area contributed by atoms with Crippen molar-refractivity contribution in [2.75, 3.05) is 0 Å². The lowest BCUT2D eigenvalue weighted by Crippen LogP contribution is -2.06. The number of nitrogens with zero attached hydrogens (tertiary/aromatic N) is 3. The number of fused-ring (bicyclic) bond motifs is 10. The SMILES string of the molecule is Cc1cc(C)c2c(c1)c1cc(C)cc3c1n2-c1cc(C#N)cc(c1)-n1c2c(C)cc(C)cc2c2cc(C)cc(c21)C3. The zero-order chi connectivity index (χ0) is 28.3. The Bertz CT molecular complexity index is 2190. The summed E-state index contributed by atoms with van der Waals surface area (Å²) in [5.74, 6) is 0. The lowest BCUT2D eigenvalue weighted by Gasteiger charge is -2.20. The Morgan fingerprint density at radius 1 is 0.488 bits per heavy atom. The Kier molecular flexibility index (Phi) is 4.76. The van der Waals surface area contributed by atoms with Crippen LogP contribution in [-0.2, 0) is 6.42 Å². The molecule has 0 amide bonds. The minimum atomic E-state index is 0.667. The van der Waals surface area contributed by atoms with Gasteiger partial charge in [0.2, 0.25) is 0 Å². The van der Waals surface area contributed by atoms with Gasteiger partial charge in [-0.2, -0.15) is 5.26 Å². The van der Waals surface area contributed by atoms with Crippen LogP contribution >= 0.6 is 0 Å². The van der Waals surface area contributed by atoms with Crippen molar-refractivity contribution in [3.05, 3.63) is 117 Å². The van der Waals surface area contributed by atoms with E-state index in [-0.39, 0.29) is 0 Å². The predicted octanol–water partition coefficient (Wildman–Crippen LogP) is 9.51. The minimum absolute atomic E-state index is 0.667. The van der Waals surface area contributed by atoms with E-state index >= 15 is 0 Å². The first kappa shape index (κ1) is 24.0.